The lowest BCUT2D eigenvalue weighted by Gasteiger charge is -2.29. The Hall–Kier alpha value is -3.39. The summed E-state index contributed by atoms with van der Waals surface area (Å²) in [5.41, 5.74) is 0.295. The summed E-state index contributed by atoms with van der Waals surface area (Å²) in [6.07, 6.45) is 6.13. The van der Waals surface area contributed by atoms with E-state index in [-0.39, 0.29) is 10.7 Å². The summed E-state index contributed by atoms with van der Waals surface area (Å²) >= 11 is 5.20. The second-order valence-electron chi connectivity index (χ2n) is 5.39. The molecule has 1 aromatic heterocycles. The Morgan fingerprint density at radius 3 is 2.67 bits per heavy atom. The molecule has 138 valence electrons. The van der Waals surface area contributed by atoms with Crippen molar-refractivity contribution in [3.05, 3.63) is 60.1 Å². The van der Waals surface area contributed by atoms with Crippen molar-refractivity contribution in [3.8, 4) is 11.5 Å². The van der Waals surface area contributed by atoms with Crippen LogP contribution in [-0.2, 0) is 9.59 Å². The minimum atomic E-state index is -0.577. The van der Waals surface area contributed by atoms with Crippen molar-refractivity contribution in [2.24, 2.45) is 0 Å². The van der Waals surface area contributed by atoms with Crippen molar-refractivity contribution in [1.29, 1.82) is 0 Å². The van der Waals surface area contributed by atoms with Gasteiger partial charge < -0.3 is 13.9 Å². The van der Waals surface area contributed by atoms with Crippen LogP contribution in [0.25, 0.3) is 6.08 Å². The topological polar surface area (TPSA) is 81.0 Å². The molecule has 2 heterocycles. The molecule has 1 fully saturated rings. The minimum Gasteiger partial charge on any atom is -0.497 e. The van der Waals surface area contributed by atoms with Crippen molar-refractivity contribution in [2.75, 3.05) is 19.1 Å². The van der Waals surface area contributed by atoms with E-state index < -0.39 is 11.8 Å². The molecular formula is C19H16N2O5S. The van der Waals surface area contributed by atoms with E-state index >= 15 is 0 Å². The first-order valence-corrected chi connectivity index (χ1v) is 8.29. The number of hydrogen-bond donors (Lipinski definition) is 1. The number of nitrogens with zero attached hydrogens (tertiary/aromatic N) is 1. The number of hydrogen-bond acceptors (Lipinski definition) is 6. The monoisotopic (exact) mass is 384 g/mol. The molecule has 0 bridgehead atoms. The Bertz CT molecular complexity index is 947. The molecule has 0 aliphatic carbocycles. The first-order valence-electron chi connectivity index (χ1n) is 7.89. The maximum absolute atomic E-state index is 13.0. The van der Waals surface area contributed by atoms with Gasteiger partial charge in [0.25, 0.3) is 11.8 Å². The second kappa shape index (κ2) is 7.88. The van der Waals surface area contributed by atoms with E-state index in [1.807, 2.05) is 0 Å². The number of amides is 2. The summed E-state index contributed by atoms with van der Waals surface area (Å²) in [4.78, 5) is 26.4. The number of allylic oxidation sites excluding steroid dienone is 2. The number of benzene rings is 1. The summed E-state index contributed by atoms with van der Waals surface area (Å²) in [5, 5.41) is 2.48. The average Bonchev–Trinajstić information content (AvgIpc) is 3.17. The van der Waals surface area contributed by atoms with Gasteiger partial charge in [0.2, 0.25) is 0 Å². The van der Waals surface area contributed by atoms with Crippen molar-refractivity contribution in [1.82, 2.24) is 5.32 Å². The van der Waals surface area contributed by atoms with Crippen molar-refractivity contribution in [2.45, 2.75) is 0 Å². The van der Waals surface area contributed by atoms with E-state index in [0.717, 1.165) is 0 Å². The van der Waals surface area contributed by atoms with Crippen LogP contribution < -0.4 is 19.7 Å². The zero-order valence-corrected chi connectivity index (χ0v) is 15.4. The van der Waals surface area contributed by atoms with Crippen LogP contribution in [0.15, 0.2) is 58.7 Å². The molecule has 0 unspecified atom stereocenters. The number of anilines is 1. The van der Waals surface area contributed by atoms with Crippen LogP contribution in [-0.4, -0.2) is 31.1 Å². The van der Waals surface area contributed by atoms with Gasteiger partial charge in [-0.1, -0.05) is 6.08 Å². The molecule has 0 spiro atoms. The van der Waals surface area contributed by atoms with Gasteiger partial charge in [-0.05, 0) is 48.6 Å². The van der Waals surface area contributed by atoms with Gasteiger partial charge in [-0.25, -0.2) is 4.90 Å². The number of nitrogens with one attached hydrogen (secondary N) is 1. The standard InChI is InChI=1S/C19H16N2O5S/c1-24-13-8-9-16(25-2)15(11-13)21-18(23)14(17(22)20-19(21)27)7-3-5-12-6-4-10-26-12/h3-11H,1-2H3,(H,20,22,27). The number of rotatable bonds is 5. The summed E-state index contributed by atoms with van der Waals surface area (Å²) in [6.45, 7) is 0. The summed E-state index contributed by atoms with van der Waals surface area (Å²) in [5.74, 6) is 0.374. The number of methoxy groups -OCH3 is 2. The van der Waals surface area contributed by atoms with Gasteiger partial charge in [-0.2, -0.15) is 0 Å². The lowest BCUT2D eigenvalue weighted by Crippen LogP contribution is -2.54. The van der Waals surface area contributed by atoms with E-state index in [1.54, 1.807) is 42.5 Å². The van der Waals surface area contributed by atoms with E-state index in [9.17, 15) is 9.59 Å². The molecule has 1 aliphatic rings. The van der Waals surface area contributed by atoms with Crippen LogP contribution in [0.1, 0.15) is 5.76 Å². The lowest BCUT2D eigenvalue weighted by atomic mass is 10.1. The van der Waals surface area contributed by atoms with E-state index in [2.05, 4.69) is 5.32 Å². The third-order valence-electron chi connectivity index (χ3n) is 3.80. The quantitative estimate of drug-likeness (QED) is 0.485. The predicted molar refractivity (Wildman–Crippen MR) is 104 cm³/mol. The largest absolute Gasteiger partial charge is 0.497 e. The maximum atomic E-state index is 13.0. The van der Waals surface area contributed by atoms with Crippen LogP contribution in [0.2, 0.25) is 0 Å². The molecule has 1 aromatic carbocycles. The fourth-order valence-corrected chi connectivity index (χ4v) is 2.77. The summed E-state index contributed by atoms with van der Waals surface area (Å²) in [6, 6.07) is 8.44. The highest BCUT2D eigenvalue weighted by Crippen LogP contribution is 2.34. The van der Waals surface area contributed by atoms with E-state index in [0.29, 0.717) is 22.9 Å². The molecular weight excluding hydrogens is 368 g/mol. The molecule has 8 heteroatoms. The molecule has 3 rings (SSSR count). The summed E-state index contributed by atoms with van der Waals surface area (Å²) in [7, 11) is 2.98. The number of ether oxygens (including phenoxy) is 2. The van der Waals surface area contributed by atoms with Gasteiger partial charge in [0.1, 0.15) is 22.8 Å². The van der Waals surface area contributed by atoms with Crippen LogP contribution in [0.4, 0.5) is 5.69 Å². The van der Waals surface area contributed by atoms with Crippen LogP contribution in [0.5, 0.6) is 11.5 Å². The number of furan rings is 1. The number of carbonyl (C=O) groups excluding carboxylic acids is 2. The molecule has 27 heavy (non-hydrogen) atoms. The normalized spacial score (nSPS) is 16.1. The molecule has 2 aromatic rings. The predicted octanol–water partition coefficient (Wildman–Crippen LogP) is 2.68. The Balaban J connectivity index is 1.98. The third-order valence-corrected chi connectivity index (χ3v) is 4.08. The highest BCUT2D eigenvalue weighted by atomic mass is 32.1. The Labute approximate surface area is 160 Å². The minimum absolute atomic E-state index is 0.0382. The van der Waals surface area contributed by atoms with Crippen molar-refractivity contribution in [3.63, 3.8) is 0 Å². The molecule has 0 radical (unpaired) electrons. The Kier molecular flexibility index (Phi) is 5.37. The number of thiocarbonyl (C=S) groups is 1. The molecule has 1 N–H and O–H groups in total. The van der Waals surface area contributed by atoms with Gasteiger partial charge in [0, 0.05) is 6.07 Å². The SMILES string of the molecule is COc1ccc(OC)c(N2C(=O)C(=CC=Cc3ccco3)C(=O)NC2=S)c1. The van der Waals surface area contributed by atoms with Gasteiger partial charge in [0.05, 0.1) is 26.2 Å². The van der Waals surface area contributed by atoms with Crippen molar-refractivity contribution < 1.29 is 23.5 Å². The first kappa shape index (κ1) is 18.4. The van der Waals surface area contributed by atoms with Crippen LogP contribution in [0.3, 0.4) is 0 Å². The van der Waals surface area contributed by atoms with Gasteiger partial charge in [-0.3, -0.25) is 14.9 Å². The Morgan fingerprint density at radius 2 is 2.00 bits per heavy atom. The highest BCUT2D eigenvalue weighted by molar-refractivity contribution is 7.80. The van der Waals surface area contributed by atoms with E-state index in [4.69, 9.17) is 26.1 Å². The fraction of sp³-hybridized carbons (Fsp3) is 0.105. The lowest BCUT2D eigenvalue weighted by molar-refractivity contribution is -0.122. The highest BCUT2D eigenvalue weighted by Gasteiger charge is 2.35. The molecule has 0 atom stereocenters. The Morgan fingerprint density at radius 1 is 1.19 bits per heavy atom. The van der Waals surface area contributed by atoms with E-state index in [1.165, 1.54) is 31.5 Å². The molecule has 2 amide bonds. The van der Waals surface area contributed by atoms with Gasteiger partial charge in [-0.15, -0.1) is 0 Å². The second-order valence-corrected chi connectivity index (χ2v) is 5.78. The maximum Gasteiger partial charge on any atom is 0.270 e. The summed E-state index contributed by atoms with van der Waals surface area (Å²) < 4.78 is 15.7. The van der Waals surface area contributed by atoms with Crippen molar-refractivity contribution >= 4 is 40.9 Å². The van der Waals surface area contributed by atoms with Gasteiger partial charge >= 0.3 is 0 Å². The van der Waals surface area contributed by atoms with Crippen LogP contribution in [0, 0.1) is 0 Å². The molecule has 1 saturated heterocycles. The van der Waals surface area contributed by atoms with Gasteiger partial charge in [0.15, 0.2) is 5.11 Å². The zero-order chi connectivity index (χ0) is 19.4. The first-order chi connectivity index (χ1) is 13.0. The van der Waals surface area contributed by atoms with Crippen LogP contribution >= 0.6 is 12.2 Å². The molecule has 1 aliphatic heterocycles. The third kappa shape index (κ3) is 3.75. The zero-order valence-electron chi connectivity index (χ0n) is 14.6. The molecule has 7 nitrogen and oxygen atoms in total. The number of carbonyl (C=O) groups is 2. The smallest absolute Gasteiger partial charge is 0.270 e. The average molecular weight is 384 g/mol. The fourth-order valence-electron chi connectivity index (χ4n) is 2.49. The molecule has 0 saturated carbocycles.